The maximum absolute atomic E-state index is 11.5. The minimum Gasteiger partial charge on any atom is -0.507 e. The molecule has 0 amide bonds. The van der Waals surface area contributed by atoms with Gasteiger partial charge in [0.25, 0.3) is 0 Å². The second-order valence-corrected chi connectivity index (χ2v) is 3.15. The smallest absolute Gasteiger partial charge is 0.339 e. The van der Waals surface area contributed by atoms with Crippen LogP contribution in [0.3, 0.4) is 0 Å². The van der Waals surface area contributed by atoms with Gasteiger partial charge >= 0.3 is 5.97 Å². The van der Waals surface area contributed by atoms with Gasteiger partial charge in [0.1, 0.15) is 17.1 Å². The Hall–Kier alpha value is -2.08. The van der Waals surface area contributed by atoms with E-state index >= 15 is 0 Å². The molecule has 0 heterocycles. The van der Waals surface area contributed by atoms with E-state index in [0.29, 0.717) is 0 Å². The summed E-state index contributed by atoms with van der Waals surface area (Å²) in [4.78, 5) is 22.2. The van der Waals surface area contributed by atoms with Gasteiger partial charge in [-0.15, -0.1) is 0 Å². The predicted octanol–water partition coefficient (Wildman–Crippen LogP) is 0.198. The lowest BCUT2D eigenvalue weighted by Crippen LogP contribution is -2.19. The lowest BCUT2D eigenvalue weighted by Gasteiger charge is -2.06. The first-order valence-corrected chi connectivity index (χ1v) is 4.44. The van der Waals surface area contributed by atoms with Crippen molar-refractivity contribution in [2.75, 3.05) is 13.6 Å². The molecule has 0 aliphatic rings. The van der Waals surface area contributed by atoms with Crippen LogP contribution in [0.4, 0.5) is 0 Å². The number of likely N-dealkylation sites (N-methyl/N-ethyl adjacent to an activating group) is 1. The number of ketones is 1. The molecule has 0 fully saturated rings. The molecule has 16 heavy (non-hydrogen) atoms. The standard InChI is InChI=1S/C10H11NO5/c1-11-4-9(14)5-2-6(10(15)16)8(13)3-7(5)12/h2-3,11-13H,4H2,1H3,(H,15,16). The number of carbonyl (C=O) groups is 2. The molecular weight excluding hydrogens is 214 g/mol. The Labute approximate surface area is 91.1 Å². The summed E-state index contributed by atoms with van der Waals surface area (Å²) in [5, 5.41) is 29.9. The molecular formula is C10H11NO5. The molecule has 1 rings (SSSR count). The van der Waals surface area contributed by atoms with Crippen LogP contribution in [0, 0.1) is 0 Å². The lowest BCUT2D eigenvalue weighted by atomic mass is 10.0. The first kappa shape index (κ1) is 12.0. The van der Waals surface area contributed by atoms with Gasteiger partial charge in [0.15, 0.2) is 5.78 Å². The summed E-state index contributed by atoms with van der Waals surface area (Å²) >= 11 is 0. The molecule has 0 aliphatic carbocycles. The minimum absolute atomic E-state index is 0.0304. The number of phenols is 2. The second-order valence-electron chi connectivity index (χ2n) is 3.15. The number of aromatic hydroxyl groups is 2. The van der Waals surface area contributed by atoms with Crippen molar-refractivity contribution in [1.82, 2.24) is 5.32 Å². The summed E-state index contributed by atoms with van der Waals surface area (Å²) in [5.41, 5.74) is -0.554. The van der Waals surface area contributed by atoms with Gasteiger partial charge in [-0.3, -0.25) is 4.79 Å². The van der Waals surface area contributed by atoms with Crippen LogP contribution in [-0.4, -0.2) is 40.7 Å². The van der Waals surface area contributed by atoms with E-state index in [4.69, 9.17) is 5.11 Å². The Kier molecular flexibility index (Phi) is 3.47. The van der Waals surface area contributed by atoms with Crippen molar-refractivity contribution >= 4 is 11.8 Å². The van der Waals surface area contributed by atoms with Gasteiger partial charge in [0.2, 0.25) is 0 Å². The summed E-state index contributed by atoms with van der Waals surface area (Å²) in [6.45, 7) is -0.0304. The largest absolute Gasteiger partial charge is 0.507 e. The maximum atomic E-state index is 11.5. The Morgan fingerprint density at radius 1 is 1.19 bits per heavy atom. The van der Waals surface area contributed by atoms with Crippen molar-refractivity contribution in [2.45, 2.75) is 0 Å². The van der Waals surface area contributed by atoms with Crippen LogP contribution in [0.25, 0.3) is 0 Å². The Balaban J connectivity index is 3.24. The Bertz CT molecular complexity index is 441. The molecule has 0 atom stereocenters. The van der Waals surface area contributed by atoms with Crippen molar-refractivity contribution in [1.29, 1.82) is 0 Å². The first-order valence-electron chi connectivity index (χ1n) is 4.44. The van der Waals surface area contributed by atoms with Gasteiger partial charge in [-0.2, -0.15) is 0 Å². The van der Waals surface area contributed by atoms with Gasteiger partial charge in [-0.1, -0.05) is 0 Å². The van der Waals surface area contributed by atoms with Crippen LogP contribution in [0.15, 0.2) is 12.1 Å². The molecule has 4 N–H and O–H groups in total. The Morgan fingerprint density at radius 3 is 2.25 bits per heavy atom. The van der Waals surface area contributed by atoms with E-state index in [0.717, 1.165) is 12.1 Å². The number of phenolic OH excluding ortho intramolecular Hbond substituents is 1. The normalized spacial score (nSPS) is 10.1. The van der Waals surface area contributed by atoms with Gasteiger partial charge in [0, 0.05) is 6.07 Å². The molecule has 0 aliphatic heterocycles. The van der Waals surface area contributed by atoms with E-state index in [9.17, 15) is 19.8 Å². The average molecular weight is 225 g/mol. The first-order chi connectivity index (χ1) is 7.47. The molecule has 0 spiro atoms. The molecule has 0 saturated carbocycles. The predicted molar refractivity (Wildman–Crippen MR) is 55.0 cm³/mol. The molecule has 86 valence electrons. The van der Waals surface area contributed by atoms with Crippen LogP contribution >= 0.6 is 0 Å². The van der Waals surface area contributed by atoms with Gasteiger partial charge < -0.3 is 20.6 Å². The maximum Gasteiger partial charge on any atom is 0.339 e. The third kappa shape index (κ3) is 2.29. The van der Waals surface area contributed by atoms with E-state index < -0.39 is 28.8 Å². The third-order valence-corrected chi connectivity index (χ3v) is 1.98. The molecule has 0 unspecified atom stereocenters. The molecule has 1 aromatic carbocycles. The molecule has 6 nitrogen and oxygen atoms in total. The van der Waals surface area contributed by atoms with Crippen molar-refractivity contribution < 1.29 is 24.9 Å². The highest BCUT2D eigenvalue weighted by molar-refractivity contribution is 6.03. The number of Topliss-reactive ketones (excluding diaryl/α,β-unsaturated/α-hetero) is 1. The number of carbonyl (C=O) groups excluding carboxylic acids is 1. The monoisotopic (exact) mass is 225 g/mol. The number of carboxylic acids is 1. The van der Waals surface area contributed by atoms with Crippen molar-refractivity contribution in [3.05, 3.63) is 23.3 Å². The average Bonchev–Trinajstić information content (AvgIpc) is 2.17. The van der Waals surface area contributed by atoms with Gasteiger partial charge in [-0.05, 0) is 13.1 Å². The van der Waals surface area contributed by atoms with Crippen LogP contribution in [-0.2, 0) is 0 Å². The number of aromatic carboxylic acids is 1. The second kappa shape index (κ2) is 4.63. The molecule has 0 radical (unpaired) electrons. The molecule has 0 bridgehead atoms. The van der Waals surface area contributed by atoms with Crippen LogP contribution in [0.5, 0.6) is 11.5 Å². The van der Waals surface area contributed by atoms with Crippen LogP contribution < -0.4 is 5.32 Å². The molecule has 1 aromatic rings. The quantitative estimate of drug-likeness (QED) is 0.545. The highest BCUT2D eigenvalue weighted by Gasteiger charge is 2.17. The third-order valence-electron chi connectivity index (χ3n) is 1.98. The number of benzene rings is 1. The molecule has 0 aromatic heterocycles. The minimum atomic E-state index is -1.36. The Morgan fingerprint density at radius 2 is 1.75 bits per heavy atom. The fraction of sp³-hybridized carbons (Fsp3) is 0.200. The fourth-order valence-corrected chi connectivity index (χ4v) is 1.23. The summed E-state index contributed by atoms with van der Waals surface area (Å²) in [7, 11) is 1.55. The zero-order valence-electron chi connectivity index (χ0n) is 8.52. The highest BCUT2D eigenvalue weighted by Crippen LogP contribution is 2.27. The van der Waals surface area contributed by atoms with E-state index in [1.807, 2.05) is 0 Å². The fourth-order valence-electron chi connectivity index (χ4n) is 1.23. The SMILES string of the molecule is CNCC(=O)c1cc(C(=O)O)c(O)cc1O. The van der Waals surface area contributed by atoms with Crippen molar-refractivity contribution in [3.63, 3.8) is 0 Å². The van der Waals surface area contributed by atoms with E-state index in [2.05, 4.69) is 5.32 Å². The number of nitrogens with one attached hydrogen (secondary N) is 1. The van der Waals surface area contributed by atoms with Crippen LogP contribution in [0.1, 0.15) is 20.7 Å². The molecule has 0 saturated heterocycles. The summed E-state index contributed by atoms with van der Waals surface area (Å²) < 4.78 is 0. The summed E-state index contributed by atoms with van der Waals surface area (Å²) in [6, 6.07) is 1.79. The van der Waals surface area contributed by atoms with E-state index in [1.165, 1.54) is 0 Å². The van der Waals surface area contributed by atoms with E-state index in [-0.39, 0.29) is 12.1 Å². The van der Waals surface area contributed by atoms with Crippen molar-refractivity contribution in [3.8, 4) is 11.5 Å². The number of carboxylic acid groups (broad SMARTS) is 1. The van der Waals surface area contributed by atoms with Gasteiger partial charge in [-0.25, -0.2) is 4.79 Å². The number of rotatable bonds is 4. The van der Waals surface area contributed by atoms with E-state index in [1.54, 1.807) is 7.05 Å². The topological polar surface area (TPSA) is 107 Å². The molecule has 6 heteroatoms. The lowest BCUT2D eigenvalue weighted by molar-refractivity contribution is 0.0693. The van der Waals surface area contributed by atoms with Gasteiger partial charge in [0.05, 0.1) is 12.1 Å². The zero-order valence-corrected chi connectivity index (χ0v) is 8.52. The van der Waals surface area contributed by atoms with Crippen molar-refractivity contribution in [2.24, 2.45) is 0 Å². The summed E-state index contributed by atoms with van der Waals surface area (Å²) in [6.07, 6.45) is 0. The zero-order chi connectivity index (χ0) is 12.3. The summed E-state index contributed by atoms with van der Waals surface area (Å²) in [5.74, 6) is -2.84. The number of hydrogen-bond donors (Lipinski definition) is 4. The number of hydrogen-bond acceptors (Lipinski definition) is 5. The highest BCUT2D eigenvalue weighted by atomic mass is 16.4. The van der Waals surface area contributed by atoms with Crippen LogP contribution in [0.2, 0.25) is 0 Å².